The van der Waals surface area contributed by atoms with Gasteiger partial charge in [0.1, 0.15) is 18.7 Å². The molecule has 3 rings (SSSR count). The van der Waals surface area contributed by atoms with Crippen molar-refractivity contribution < 1.29 is 13.3 Å². The minimum atomic E-state index is -0.240. The first-order chi connectivity index (χ1) is 12.1. The maximum absolute atomic E-state index is 13.0. The second-order valence-electron chi connectivity index (χ2n) is 5.70. The molecule has 1 heterocycles. The molecule has 0 saturated heterocycles. The van der Waals surface area contributed by atoms with Crippen LogP contribution >= 0.6 is 0 Å². The number of halogens is 2. The molecule has 124 valence electrons. The molecule has 0 radical (unpaired) electrons. The van der Waals surface area contributed by atoms with E-state index in [2.05, 4.69) is 4.57 Å². The molecule has 1 aromatic heterocycles. The monoisotopic (exact) mass is 334 g/mol. The fraction of sp³-hybridized carbons (Fsp3) is 0.0455. The molecule has 1 nitrogen and oxygen atoms in total. The smallest absolute Gasteiger partial charge is 0.205 e. The van der Waals surface area contributed by atoms with Gasteiger partial charge in [0.2, 0.25) is 11.4 Å². The molecule has 0 fully saturated rings. The Morgan fingerprint density at radius 2 is 1.00 bits per heavy atom. The molecule has 25 heavy (non-hydrogen) atoms. The van der Waals surface area contributed by atoms with Gasteiger partial charge in [-0.1, -0.05) is 24.3 Å². The summed E-state index contributed by atoms with van der Waals surface area (Å²) >= 11 is 0. The summed E-state index contributed by atoms with van der Waals surface area (Å²) in [7, 11) is 1.98. The molecule has 0 N–H and O–H groups in total. The van der Waals surface area contributed by atoms with Gasteiger partial charge >= 0.3 is 0 Å². The minimum Gasteiger partial charge on any atom is -0.207 e. The van der Waals surface area contributed by atoms with Crippen LogP contribution in [0.5, 0.6) is 0 Å². The average molecular weight is 334 g/mol. The molecule has 0 saturated carbocycles. The normalized spacial score (nSPS) is 11.5. The van der Waals surface area contributed by atoms with Crippen LogP contribution in [-0.2, 0) is 7.05 Å². The lowest BCUT2D eigenvalue weighted by Gasteiger charge is -1.99. The zero-order valence-electron chi connectivity index (χ0n) is 13.9. The van der Waals surface area contributed by atoms with Gasteiger partial charge in [0.25, 0.3) is 0 Å². The van der Waals surface area contributed by atoms with Crippen molar-refractivity contribution in [3.05, 3.63) is 101 Å². The molecule has 0 unspecified atom stereocenters. The van der Waals surface area contributed by atoms with Gasteiger partial charge in [0.15, 0.2) is 0 Å². The van der Waals surface area contributed by atoms with Crippen molar-refractivity contribution >= 4 is 24.3 Å². The Morgan fingerprint density at radius 3 is 1.40 bits per heavy atom. The largest absolute Gasteiger partial charge is 0.207 e. The van der Waals surface area contributed by atoms with Gasteiger partial charge in [-0.15, -0.1) is 0 Å². The van der Waals surface area contributed by atoms with Crippen LogP contribution in [0.2, 0.25) is 0 Å². The van der Waals surface area contributed by atoms with Crippen LogP contribution in [0.4, 0.5) is 8.78 Å². The molecule has 0 bridgehead atoms. The van der Waals surface area contributed by atoms with E-state index in [1.807, 2.05) is 49.6 Å². The highest BCUT2D eigenvalue weighted by Crippen LogP contribution is 2.10. The Hall–Kier alpha value is -3.07. The van der Waals surface area contributed by atoms with Gasteiger partial charge in [-0.05, 0) is 53.6 Å². The number of aromatic nitrogens is 1. The van der Waals surface area contributed by atoms with Crippen LogP contribution in [-0.4, -0.2) is 0 Å². The maximum atomic E-state index is 13.0. The van der Waals surface area contributed by atoms with E-state index >= 15 is 0 Å². The van der Waals surface area contributed by atoms with Gasteiger partial charge in [-0.2, -0.15) is 4.57 Å². The van der Waals surface area contributed by atoms with Crippen molar-refractivity contribution in [1.29, 1.82) is 0 Å². The molecular weight excluding hydrogens is 316 g/mol. The number of hydrogen-bond acceptors (Lipinski definition) is 0. The summed E-state index contributed by atoms with van der Waals surface area (Å²) < 4.78 is 28.0. The third kappa shape index (κ3) is 4.48. The predicted molar refractivity (Wildman–Crippen MR) is 98.3 cm³/mol. The maximum Gasteiger partial charge on any atom is 0.205 e. The van der Waals surface area contributed by atoms with E-state index in [0.29, 0.717) is 0 Å². The van der Waals surface area contributed by atoms with E-state index < -0.39 is 0 Å². The van der Waals surface area contributed by atoms with Gasteiger partial charge in [-0.25, -0.2) is 8.78 Å². The van der Waals surface area contributed by atoms with Gasteiger partial charge in [0, 0.05) is 24.3 Å². The van der Waals surface area contributed by atoms with Gasteiger partial charge in [0.05, 0.1) is 0 Å². The first-order valence-electron chi connectivity index (χ1n) is 7.98. The number of rotatable bonds is 4. The number of benzene rings is 2. The highest BCUT2D eigenvalue weighted by molar-refractivity contribution is 5.69. The second kappa shape index (κ2) is 7.67. The molecule has 0 atom stereocenters. The first kappa shape index (κ1) is 16.8. The Balaban J connectivity index is 1.82. The van der Waals surface area contributed by atoms with Crippen LogP contribution in [0.3, 0.4) is 0 Å². The minimum absolute atomic E-state index is 0.240. The lowest BCUT2D eigenvalue weighted by molar-refractivity contribution is -0.675. The number of pyridine rings is 1. The topological polar surface area (TPSA) is 3.88 Å². The summed E-state index contributed by atoms with van der Waals surface area (Å²) in [6, 6.07) is 18.7. The first-order valence-corrected chi connectivity index (χ1v) is 7.98. The number of nitrogens with zero attached hydrogens (tertiary/aromatic N) is 1. The lowest BCUT2D eigenvalue weighted by atomic mass is 10.1. The van der Waals surface area contributed by atoms with E-state index in [4.69, 9.17) is 0 Å². The van der Waals surface area contributed by atoms with E-state index in [1.54, 1.807) is 24.3 Å². The van der Waals surface area contributed by atoms with Gasteiger partial charge in [-0.3, -0.25) is 0 Å². The fourth-order valence-electron chi connectivity index (χ4n) is 2.46. The summed E-state index contributed by atoms with van der Waals surface area (Å²) in [5, 5.41) is 0. The summed E-state index contributed by atoms with van der Waals surface area (Å²) in [6.45, 7) is 0. The highest BCUT2D eigenvalue weighted by atomic mass is 19.1. The fourth-order valence-corrected chi connectivity index (χ4v) is 2.46. The quantitative estimate of drug-likeness (QED) is 0.582. The standard InChI is InChI=1S/C22H18F2N/c1-25-21(15-9-17-5-11-19(23)12-6-17)3-2-4-22(25)16-10-18-7-13-20(24)14-8-18/h2-16H,1H3/q+1. The number of hydrogen-bond donors (Lipinski definition) is 0. The van der Waals surface area contributed by atoms with Crippen LogP contribution in [0, 0.1) is 11.6 Å². The van der Waals surface area contributed by atoms with Gasteiger partial charge < -0.3 is 0 Å². The van der Waals surface area contributed by atoms with Crippen molar-refractivity contribution in [1.82, 2.24) is 0 Å². The van der Waals surface area contributed by atoms with Crippen LogP contribution in [0.1, 0.15) is 22.5 Å². The Morgan fingerprint density at radius 1 is 0.600 bits per heavy atom. The zero-order chi connectivity index (χ0) is 17.6. The van der Waals surface area contributed by atoms with E-state index in [-0.39, 0.29) is 11.6 Å². The van der Waals surface area contributed by atoms with E-state index in [1.165, 1.54) is 24.3 Å². The lowest BCUT2D eigenvalue weighted by Crippen LogP contribution is -2.35. The Kier molecular flexibility index (Phi) is 5.14. The highest BCUT2D eigenvalue weighted by Gasteiger charge is 2.07. The second-order valence-corrected chi connectivity index (χ2v) is 5.70. The van der Waals surface area contributed by atoms with Crippen molar-refractivity contribution in [2.45, 2.75) is 0 Å². The van der Waals surface area contributed by atoms with Crippen LogP contribution < -0.4 is 4.57 Å². The van der Waals surface area contributed by atoms with E-state index in [0.717, 1.165) is 22.5 Å². The molecule has 0 amide bonds. The summed E-state index contributed by atoms with van der Waals surface area (Å²) in [5.74, 6) is -0.480. The Labute approximate surface area is 146 Å². The SMILES string of the molecule is C[n+]1c(C=Cc2ccc(F)cc2)cccc1C=Cc1ccc(F)cc1. The Bertz CT molecular complexity index is 834. The predicted octanol–water partition coefficient (Wildman–Crippen LogP) is 5.13. The molecule has 2 aromatic carbocycles. The van der Waals surface area contributed by atoms with Crippen molar-refractivity contribution in [3.63, 3.8) is 0 Å². The molecule has 0 aliphatic rings. The third-order valence-electron chi connectivity index (χ3n) is 3.94. The van der Waals surface area contributed by atoms with Crippen LogP contribution in [0.25, 0.3) is 24.3 Å². The van der Waals surface area contributed by atoms with Crippen LogP contribution in [0.15, 0.2) is 66.7 Å². The molecule has 0 aliphatic heterocycles. The summed E-state index contributed by atoms with van der Waals surface area (Å²) in [6.07, 6.45) is 7.87. The molecule has 0 spiro atoms. The average Bonchev–Trinajstić information content (AvgIpc) is 2.62. The molecular formula is C22H18F2N+. The van der Waals surface area contributed by atoms with Crippen molar-refractivity contribution in [2.24, 2.45) is 7.05 Å². The molecule has 3 aromatic rings. The van der Waals surface area contributed by atoms with E-state index in [9.17, 15) is 8.78 Å². The molecule has 3 heteroatoms. The zero-order valence-corrected chi connectivity index (χ0v) is 13.9. The summed E-state index contributed by atoms with van der Waals surface area (Å²) in [5.41, 5.74) is 3.92. The van der Waals surface area contributed by atoms with Crippen molar-refractivity contribution in [2.75, 3.05) is 0 Å². The molecule has 0 aliphatic carbocycles. The van der Waals surface area contributed by atoms with Crippen molar-refractivity contribution in [3.8, 4) is 0 Å². The third-order valence-corrected chi connectivity index (χ3v) is 3.94. The summed E-state index contributed by atoms with van der Waals surface area (Å²) in [4.78, 5) is 0.